The van der Waals surface area contributed by atoms with Crippen molar-refractivity contribution < 1.29 is 9.59 Å². The summed E-state index contributed by atoms with van der Waals surface area (Å²) in [7, 11) is 0. The minimum absolute atomic E-state index is 0.125. The Labute approximate surface area is 174 Å². The fraction of sp³-hybridized carbons (Fsp3) is 0.0870. The molecule has 0 saturated carbocycles. The molecule has 0 unspecified atom stereocenters. The topological polar surface area (TPSA) is 84.2 Å². The van der Waals surface area contributed by atoms with E-state index in [0.717, 1.165) is 11.1 Å². The lowest BCUT2D eigenvalue weighted by Crippen LogP contribution is -2.26. The smallest absolute Gasteiger partial charge is 0.251 e. The number of nitrogens with two attached hydrogens (primary N) is 1. The van der Waals surface area contributed by atoms with Gasteiger partial charge in [0.05, 0.1) is 0 Å². The van der Waals surface area contributed by atoms with Gasteiger partial charge in [0.15, 0.2) is 0 Å². The van der Waals surface area contributed by atoms with E-state index in [1.807, 2.05) is 60.7 Å². The largest absolute Gasteiger partial charge is 0.389 e. The van der Waals surface area contributed by atoms with Gasteiger partial charge in [0.2, 0.25) is 0 Å². The number of hydrogen-bond acceptors (Lipinski definition) is 3. The lowest BCUT2D eigenvalue weighted by molar-refractivity contribution is 0.0950. The Balaban J connectivity index is 1.75. The third-order valence-corrected chi connectivity index (χ3v) is 4.57. The molecular formula is C23H21N3O2S. The van der Waals surface area contributed by atoms with E-state index < -0.39 is 0 Å². The lowest BCUT2D eigenvalue weighted by Gasteiger charge is -2.11. The highest BCUT2D eigenvalue weighted by molar-refractivity contribution is 7.80. The summed E-state index contributed by atoms with van der Waals surface area (Å²) >= 11 is 5.05. The number of nitrogens with one attached hydrogen (secondary N) is 2. The Morgan fingerprint density at radius 2 is 1.07 bits per heavy atom. The first-order valence-corrected chi connectivity index (χ1v) is 9.53. The maximum absolute atomic E-state index is 12.6. The van der Waals surface area contributed by atoms with Crippen LogP contribution in [0.15, 0.2) is 78.9 Å². The van der Waals surface area contributed by atoms with Gasteiger partial charge < -0.3 is 16.4 Å². The van der Waals surface area contributed by atoms with Crippen molar-refractivity contribution in [3.63, 3.8) is 0 Å². The molecule has 0 aromatic heterocycles. The van der Waals surface area contributed by atoms with Crippen molar-refractivity contribution in [2.24, 2.45) is 5.73 Å². The van der Waals surface area contributed by atoms with E-state index in [2.05, 4.69) is 10.6 Å². The zero-order valence-electron chi connectivity index (χ0n) is 15.7. The van der Waals surface area contributed by atoms with Crippen LogP contribution in [0.3, 0.4) is 0 Å². The zero-order valence-corrected chi connectivity index (χ0v) is 16.5. The van der Waals surface area contributed by atoms with Crippen LogP contribution in [-0.2, 0) is 13.1 Å². The number of carbonyl (C=O) groups is 2. The first kappa shape index (κ1) is 20.2. The van der Waals surface area contributed by atoms with Crippen LogP contribution < -0.4 is 16.4 Å². The van der Waals surface area contributed by atoms with Gasteiger partial charge in [-0.2, -0.15) is 0 Å². The predicted molar refractivity (Wildman–Crippen MR) is 118 cm³/mol. The van der Waals surface area contributed by atoms with E-state index in [1.54, 1.807) is 18.2 Å². The Morgan fingerprint density at radius 1 is 0.690 bits per heavy atom. The van der Waals surface area contributed by atoms with Crippen LogP contribution in [0.4, 0.5) is 0 Å². The molecule has 29 heavy (non-hydrogen) atoms. The molecule has 0 atom stereocenters. The number of amides is 2. The third kappa shape index (κ3) is 5.73. The molecule has 0 fully saturated rings. The summed E-state index contributed by atoms with van der Waals surface area (Å²) in [4.78, 5) is 25.4. The molecular weight excluding hydrogens is 382 g/mol. The van der Waals surface area contributed by atoms with Gasteiger partial charge in [0.1, 0.15) is 4.99 Å². The van der Waals surface area contributed by atoms with E-state index in [0.29, 0.717) is 29.8 Å². The molecule has 0 radical (unpaired) electrons. The van der Waals surface area contributed by atoms with E-state index in [-0.39, 0.29) is 16.8 Å². The molecule has 2 amide bonds. The van der Waals surface area contributed by atoms with Crippen LogP contribution in [-0.4, -0.2) is 16.8 Å². The quantitative estimate of drug-likeness (QED) is 0.529. The number of rotatable bonds is 7. The Hall–Kier alpha value is -3.51. The fourth-order valence-electron chi connectivity index (χ4n) is 2.79. The summed E-state index contributed by atoms with van der Waals surface area (Å²) in [5, 5.41) is 5.70. The van der Waals surface area contributed by atoms with Crippen molar-refractivity contribution in [3.8, 4) is 0 Å². The van der Waals surface area contributed by atoms with E-state index in [9.17, 15) is 9.59 Å². The van der Waals surface area contributed by atoms with Gasteiger partial charge in [0, 0.05) is 29.8 Å². The van der Waals surface area contributed by atoms with Crippen molar-refractivity contribution in [3.05, 3.63) is 107 Å². The van der Waals surface area contributed by atoms with Crippen LogP contribution in [0.25, 0.3) is 0 Å². The molecule has 3 aromatic carbocycles. The predicted octanol–water partition coefficient (Wildman–Crippen LogP) is 3.18. The van der Waals surface area contributed by atoms with Crippen molar-refractivity contribution in [2.75, 3.05) is 0 Å². The average molecular weight is 404 g/mol. The van der Waals surface area contributed by atoms with Crippen LogP contribution >= 0.6 is 12.2 Å². The van der Waals surface area contributed by atoms with E-state index in [1.165, 1.54) is 0 Å². The summed E-state index contributed by atoms with van der Waals surface area (Å²) in [6, 6.07) is 23.9. The van der Waals surface area contributed by atoms with Crippen molar-refractivity contribution in [1.29, 1.82) is 0 Å². The molecule has 0 spiro atoms. The molecule has 4 N–H and O–H groups in total. The molecule has 6 heteroatoms. The number of hydrogen-bond donors (Lipinski definition) is 3. The summed E-state index contributed by atoms with van der Waals surface area (Å²) < 4.78 is 0. The minimum atomic E-state index is -0.302. The molecule has 0 aliphatic heterocycles. The second kappa shape index (κ2) is 9.61. The van der Waals surface area contributed by atoms with Crippen LogP contribution in [0, 0.1) is 0 Å². The monoisotopic (exact) mass is 403 g/mol. The Morgan fingerprint density at radius 3 is 1.45 bits per heavy atom. The summed E-state index contributed by atoms with van der Waals surface area (Å²) in [5.74, 6) is -0.604. The first-order valence-electron chi connectivity index (χ1n) is 9.12. The molecule has 3 aromatic rings. The van der Waals surface area contributed by atoms with Crippen LogP contribution in [0.1, 0.15) is 37.4 Å². The number of benzene rings is 3. The van der Waals surface area contributed by atoms with E-state index in [4.69, 9.17) is 18.0 Å². The van der Waals surface area contributed by atoms with Crippen molar-refractivity contribution >= 4 is 29.0 Å². The highest BCUT2D eigenvalue weighted by atomic mass is 32.1. The SMILES string of the molecule is NC(=S)c1cc(C(=O)NCc2ccccc2)cc(C(=O)NCc2ccccc2)c1. The number of carbonyl (C=O) groups excluding carboxylic acids is 2. The molecule has 146 valence electrons. The highest BCUT2D eigenvalue weighted by Gasteiger charge is 2.14. The molecule has 0 aliphatic carbocycles. The molecule has 0 bridgehead atoms. The van der Waals surface area contributed by atoms with Gasteiger partial charge in [0.25, 0.3) is 11.8 Å². The summed E-state index contributed by atoms with van der Waals surface area (Å²) in [6.45, 7) is 0.763. The second-order valence-corrected chi connectivity index (χ2v) is 6.94. The fourth-order valence-corrected chi connectivity index (χ4v) is 2.91. The zero-order chi connectivity index (χ0) is 20.6. The third-order valence-electron chi connectivity index (χ3n) is 4.33. The maximum atomic E-state index is 12.6. The maximum Gasteiger partial charge on any atom is 0.251 e. The second-order valence-electron chi connectivity index (χ2n) is 6.50. The van der Waals surface area contributed by atoms with Crippen molar-refractivity contribution in [1.82, 2.24) is 10.6 Å². The molecule has 0 aliphatic rings. The van der Waals surface area contributed by atoms with Gasteiger partial charge in [-0.3, -0.25) is 9.59 Å². The average Bonchev–Trinajstić information content (AvgIpc) is 2.76. The normalized spacial score (nSPS) is 10.2. The van der Waals surface area contributed by atoms with Crippen LogP contribution in [0.5, 0.6) is 0 Å². The van der Waals surface area contributed by atoms with Gasteiger partial charge in [-0.1, -0.05) is 72.9 Å². The lowest BCUT2D eigenvalue weighted by atomic mass is 10.0. The van der Waals surface area contributed by atoms with Crippen molar-refractivity contribution in [2.45, 2.75) is 13.1 Å². The molecule has 5 nitrogen and oxygen atoms in total. The molecule has 0 saturated heterocycles. The van der Waals surface area contributed by atoms with Gasteiger partial charge in [-0.05, 0) is 29.3 Å². The number of thiocarbonyl (C=S) groups is 1. The first-order chi connectivity index (χ1) is 14.0. The van der Waals surface area contributed by atoms with E-state index >= 15 is 0 Å². The van der Waals surface area contributed by atoms with Crippen LogP contribution in [0.2, 0.25) is 0 Å². The summed E-state index contributed by atoms with van der Waals surface area (Å²) in [6.07, 6.45) is 0. The summed E-state index contributed by atoms with van der Waals surface area (Å²) in [5.41, 5.74) is 8.84. The van der Waals surface area contributed by atoms with Gasteiger partial charge in [-0.15, -0.1) is 0 Å². The minimum Gasteiger partial charge on any atom is -0.389 e. The Bertz CT molecular complexity index is 947. The highest BCUT2D eigenvalue weighted by Crippen LogP contribution is 2.12. The van der Waals surface area contributed by atoms with Gasteiger partial charge in [-0.25, -0.2) is 0 Å². The molecule has 0 heterocycles. The Kier molecular flexibility index (Phi) is 6.71. The van der Waals surface area contributed by atoms with Gasteiger partial charge >= 0.3 is 0 Å². The standard InChI is InChI=1S/C23H21N3O2S/c24-21(29)18-11-19(22(27)25-14-16-7-3-1-4-8-16)13-20(12-18)23(28)26-15-17-9-5-2-6-10-17/h1-13H,14-15H2,(H2,24,29)(H,25,27)(H,26,28). The molecule has 3 rings (SSSR count).